The average molecular weight is 295 g/mol. The van der Waals surface area contributed by atoms with Crippen LogP contribution < -0.4 is 5.32 Å². The Bertz CT molecular complexity index is 490. The minimum Gasteiger partial charge on any atom is -0.479 e. The molecule has 21 heavy (non-hydrogen) atoms. The molecule has 0 bridgehead atoms. The fraction of sp³-hybridized carbons (Fsp3) is 0.467. The standard InChI is InChI=1S/C15H21NO5/c1-15(2,3)21-14(19)16-12(13(17)18)11-7-5-10(6-8-11)9-20-4/h5-8,12H,9H2,1-4H3,(H,16,19)(H,17,18). The van der Waals surface area contributed by atoms with Gasteiger partial charge < -0.3 is 19.9 Å². The second-order valence-corrected chi connectivity index (χ2v) is 5.59. The van der Waals surface area contributed by atoms with Gasteiger partial charge in [0.25, 0.3) is 0 Å². The van der Waals surface area contributed by atoms with E-state index in [1.165, 1.54) is 0 Å². The number of alkyl carbamates (subject to hydrolysis) is 1. The van der Waals surface area contributed by atoms with Gasteiger partial charge in [0.1, 0.15) is 5.60 Å². The molecule has 6 heteroatoms. The van der Waals surface area contributed by atoms with Crippen LogP contribution in [0.3, 0.4) is 0 Å². The molecule has 0 aliphatic heterocycles. The number of amides is 1. The highest BCUT2D eigenvalue weighted by Gasteiger charge is 2.25. The van der Waals surface area contributed by atoms with E-state index >= 15 is 0 Å². The smallest absolute Gasteiger partial charge is 0.408 e. The summed E-state index contributed by atoms with van der Waals surface area (Å²) in [6.07, 6.45) is -0.768. The number of carbonyl (C=O) groups is 2. The molecule has 0 aromatic heterocycles. The summed E-state index contributed by atoms with van der Waals surface area (Å²) in [7, 11) is 1.58. The van der Waals surface area contributed by atoms with Crippen molar-refractivity contribution in [3.8, 4) is 0 Å². The summed E-state index contributed by atoms with van der Waals surface area (Å²) < 4.78 is 10.1. The Morgan fingerprint density at radius 2 is 1.81 bits per heavy atom. The van der Waals surface area contributed by atoms with E-state index in [1.54, 1.807) is 52.1 Å². The van der Waals surface area contributed by atoms with Crippen molar-refractivity contribution in [2.45, 2.75) is 39.0 Å². The molecular formula is C15H21NO5. The average Bonchev–Trinajstić information content (AvgIpc) is 2.35. The van der Waals surface area contributed by atoms with Gasteiger partial charge in [-0.2, -0.15) is 0 Å². The van der Waals surface area contributed by atoms with Gasteiger partial charge >= 0.3 is 12.1 Å². The molecule has 6 nitrogen and oxygen atoms in total. The van der Waals surface area contributed by atoms with Crippen LogP contribution in [0.2, 0.25) is 0 Å². The van der Waals surface area contributed by atoms with Crippen LogP contribution in [-0.4, -0.2) is 29.9 Å². The molecule has 0 heterocycles. The molecule has 116 valence electrons. The first-order valence-corrected chi connectivity index (χ1v) is 6.53. The fourth-order valence-electron chi connectivity index (χ4n) is 1.69. The maximum Gasteiger partial charge on any atom is 0.408 e. The number of carboxylic acid groups (broad SMARTS) is 1. The number of methoxy groups -OCH3 is 1. The van der Waals surface area contributed by atoms with E-state index in [0.29, 0.717) is 12.2 Å². The topological polar surface area (TPSA) is 84.9 Å². The van der Waals surface area contributed by atoms with Crippen LogP contribution in [0.5, 0.6) is 0 Å². The molecule has 1 rings (SSSR count). The van der Waals surface area contributed by atoms with Gasteiger partial charge in [-0.15, -0.1) is 0 Å². The Balaban J connectivity index is 2.82. The maximum atomic E-state index is 11.7. The molecule has 0 saturated heterocycles. The zero-order valence-electron chi connectivity index (χ0n) is 12.7. The minimum atomic E-state index is -1.16. The van der Waals surface area contributed by atoms with E-state index in [1.807, 2.05) is 0 Å². The molecule has 0 aliphatic carbocycles. The third kappa shape index (κ3) is 5.83. The van der Waals surface area contributed by atoms with Crippen LogP contribution in [0.1, 0.15) is 37.9 Å². The highest BCUT2D eigenvalue weighted by atomic mass is 16.6. The van der Waals surface area contributed by atoms with Crippen molar-refractivity contribution in [3.63, 3.8) is 0 Å². The molecule has 0 aliphatic rings. The van der Waals surface area contributed by atoms with Gasteiger partial charge in [-0.05, 0) is 31.9 Å². The van der Waals surface area contributed by atoms with Crippen molar-refractivity contribution in [3.05, 3.63) is 35.4 Å². The zero-order valence-corrected chi connectivity index (χ0v) is 12.7. The molecule has 2 N–H and O–H groups in total. The van der Waals surface area contributed by atoms with Crippen LogP contribution in [-0.2, 0) is 20.9 Å². The molecule has 1 amide bonds. The second-order valence-electron chi connectivity index (χ2n) is 5.59. The lowest BCUT2D eigenvalue weighted by Crippen LogP contribution is -2.38. The van der Waals surface area contributed by atoms with Gasteiger partial charge in [0.2, 0.25) is 0 Å². The van der Waals surface area contributed by atoms with Crippen LogP contribution in [0.25, 0.3) is 0 Å². The summed E-state index contributed by atoms with van der Waals surface area (Å²) in [5.41, 5.74) is 0.700. The van der Waals surface area contributed by atoms with Crippen LogP contribution in [0, 0.1) is 0 Å². The van der Waals surface area contributed by atoms with Crippen LogP contribution >= 0.6 is 0 Å². The van der Waals surface area contributed by atoms with Crippen molar-refractivity contribution in [2.24, 2.45) is 0 Å². The van der Waals surface area contributed by atoms with E-state index in [0.717, 1.165) is 5.56 Å². The number of carboxylic acids is 1. The molecule has 1 aromatic carbocycles. The first kappa shape index (κ1) is 17.0. The lowest BCUT2D eigenvalue weighted by molar-refractivity contribution is -0.139. The Morgan fingerprint density at radius 1 is 1.24 bits per heavy atom. The van der Waals surface area contributed by atoms with Crippen molar-refractivity contribution in [2.75, 3.05) is 7.11 Å². The van der Waals surface area contributed by atoms with E-state index in [-0.39, 0.29) is 0 Å². The minimum absolute atomic E-state index is 0.442. The summed E-state index contributed by atoms with van der Waals surface area (Å²) in [5, 5.41) is 11.6. The van der Waals surface area contributed by atoms with Crippen LogP contribution in [0.4, 0.5) is 4.79 Å². The second kappa shape index (κ2) is 7.08. The number of benzene rings is 1. The van der Waals surface area contributed by atoms with Gasteiger partial charge in [-0.1, -0.05) is 24.3 Å². The summed E-state index contributed by atoms with van der Waals surface area (Å²) in [6, 6.07) is 5.64. The van der Waals surface area contributed by atoms with Gasteiger partial charge in [0, 0.05) is 7.11 Å². The molecule has 0 fully saturated rings. The third-order valence-electron chi connectivity index (χ3n) is 2.53. The van der Waals surface area contributed by atoms with Crippen LogP contribution in [0.15, 0.2) is 24.3 Å². The van der Waals surface area contributed by atoms with Gasteiger partial charge in [0.05, 0.1) is 6.61 Å². The quantitative estimate of drug-likeness (QED) is 0.871. The molecule has 0 spiro atoms. The largest absolute Gasteiger partial charge is 0.479 e. The Kier molecular flexibility index (Phi) is 5.72. The first-order chi connectivity index (χ1) is 9.73. The Hall–Kier alpha value is -2.08. The molecule has 1 unspecified atom stereocenters. The van der Waals surface area contributed by atoms with E-state index in [9.17, 15) is 14.7 Å². The number of aliphatic carboxylic acids is 1. The van der Waals surface area contributed by atoms with E-state index < -0.39 is 23.7 Å². The number of carbonyl (C=O) groups excluding carboxylic acids is 1. The van der Waals surface area contributed by atoms with Crippen molar-refractivity contribution >= 4 is 12.1 Å². The number of nitrogens with one attached hydrogen (secondary N) is 1. The predicted molar refractivity (Wildman–Crippen MR) is 76.9 cm³/mol. The highest BCUT2D eigenvalue weighted by Crippen LogP contribution is 2.16. The lowest BCUT2D eigenvalue weighted by atomic mass is 10.1. The van der Waals surface area contributed by atoms with Crippen molar-refractivity contribution < 1.29 is 24.2 Å². The molecule has 0 radical (unpaired) electrons. The van der Waals surface area contributed by atoms with E-state index in [4.69, 9.17) is 9.47 Å². The number of hydrogen-bond donors (Lipinski definition) is 2. The Labute approximate surface area is 124 Å². The molecule has 1 atom stereocenters. The SMILES string of the molecule is COCc1ccc(C(NC(=O)OC(C)(C)C)C(=O)O)cc1. The van der Waals surface area contributed by atoms with Gasteiger partial charge in [-0.25, -0.2) is 9.59 Å². The maximum absolute atomic E-state index is 11.7. The lowest BCUT2D eigenvalue weighted by Gasteiger charge is -2.22. The molecular weight excluding hydrogens is 274 g/mol. The summed E-state index contributed by atoms with van der Waals surface area (Å²) in [5.74, 6) is -1.15. The normalized spacial score (nSPS) is 12.6. The third-order valence-corrected chi connectivity index (χ3v) is 2.53. The van der Waals surface area contributed by atoms with Gasteiger partial charge in [-0.3, -0.25) is 0 Å². The molecule has 1 aromatic rings. The van der Waals surface area contributed by atoms with Crippen molar-refractivity contribution in [1.82, 2.24) is 5.32 Å². The summed E-state index contributed by atoms with van der Waals surface area (Å²) >= 11 is 0. The summed E-state index contributed by atoms with van der Waals surface area (Å²) in [6.45, 7) is 5.57. The zero-order chi connectivity index (χ0) is 16.0. The van der Waals surface area contributed by atoms with E-state index in [2.05, 4.69) is 5.32 Å². The Morgan fingerprint density at radius 3 is 2.24 bits per heavy atom. The number of rotatable bonds is 5. The van der Waals surface area contributed by atoms with Crippen molar-refractivity contribution in [1.29, 1.82) is 0 Å². The fourth-order valence-corrected chi connectivity index (χ4v) is 1.69. The number of hydrogen-bond acceptors (Lipinski definition) is 4. The number of ether oxygens (including phenoxy) is 2. The summed E-state index contributed by atoms with van der Waals surface area (Å²) in [4.78, 5) is 23.0. The highest BCUT2D eigenvalue weighted by molar-refractivity contribution is 5.81. The first-order valence-electron chi connectivity index (χ1n) is 6.53. The van der Waals surface area contributed by atoms with Gasteiger partial charge in [0.15, 0.2) is 6.04 Å². The molecule has 0 saturated carbocycles. The predicted octanol–water partition coefficient (Wildman–Crippen LogP) is 2.48. The monoisotopic (exact) mass is 295 g/mol.